The predicted octanol–water partition coefficient (Wildman–Crippen LogP) is 1.41. The third-order valence-electron chi connectivity index (χ3n) is 4.37. The van der Waals surface area contributed by atoms with E-state index in [1.807, 2.05) is 0 Å². The molecule has 0 spiro atoms. The lowest BCUT2D eigenvalue weighted by atomic mass is 9.93. The van der Waals surface area contributed by atoms with E-state index in [0.29, 0.717) is 36.6 Å². The molecule has 1 aromatic rings. The number of rotatable bonds is 7. The monoisotopic (exact) mass is 368 g/mol. The van der Waals surface area contributed by atoms with E-state index in [1.165, 1.54) is 26.2 Å². The zero-order valence-electron chi connectivity index (χ0n) is 15.3. The normalized spacial score (nSPS) is 19.8. The second-order valence-corrected chi connectivity index (χ2v) is 6.11. The predicted molar refractivity (Wildman–Crippen MR) is 93.4 cm³/mol. The van der Waals surface area contributed by atoms with Crippen LogP contribution in [0.15, 0.2) is 18.2 Å². The van der Waals surface area contributed by atoms with E-state index in [2.05, 4.69) is 5.32 Å². The molecular formula is C18H25FN2O5. The SMILES string of the molecule is COCCNC(=O)C1(F)CCCN(C(=O)c2ccc(OC)cc2OC)C1. The van der Waals surface area contributed by atoms with Gasteiger partial charge < -0.3 is 24.4 Å². The second-order valence-electron chi connectivity index (χ2n) is 6.11. The molecule has 1 heterocycles. The van der Waals surface area contributed by atoms with Crippen molar-refractivity contribution in [1.82, 2.24) is 10.2 Å². The summed E-state index contributed by atoms with van der Waals surface area (Å²) in [5.74, 6) is -0.201. The number of carbonyl (C=O) groups excluding carboxylic acids is 2. The summed E-state index contributed by atoms with van der Waals surface area (Å²) in [6.45, 7) is 0.611. The molecule has 0 bridgehead atoms. The van der Waals surface area contributed by atoms with Gasteiger partial charge in [-0.15, -0.1) is 0 Å². The summed E-state index contributed by atoms with van der Waals surface area (Å²) in [4.78, 5) is 26.4. The van der Waals surface area contributed by atoms with Crippen molar-refractivity contribution in [1.29, 1.82) is 0 Å². The van der Waals surface area contributed by atoms with Gasteiger partial charge in [0, 0.05) is 26.3 Å². The highest BCUT2D eigenvalue weighted by Gasteiger charge is 2.44. The van der Waals surface area contributed by atoms with E-state index in [1.54, 1.807) is 18.2 Å². The Morgan fingerprint density at radius 1 is 1.27 bits per heavy atom. The summed E-state index contributed by atoms with van der Waals surface area (Å²) in [5.41, 5.74) is -1.81. The number of hydrogen-bond donors (Lipinski definition) is 1. The Labute approximate surface area is 152 Å². The molecule has 0 radical (unpaired) electrons. The van der Waals surface area contributed by atoms with Crippen LogP contribution in [-0.2, 0) is 9.53 Å². The first-order chi connectivity index (χ1) is 12.4. The van der Waals surface area contributed by atoms with Crippen LogP contribution in [0.5, 0.6) is 11.5 Å². The number of carbonyl (C=O) groups is 2. The van der Waals surface area contributed by atoms with Crippen molar-refractivity contribution in [2.75, 3.05) is 47.6 Å². The first-order valence-corrected chi connectivity index (χ1v) is 8.42. The van der Waals surface area contributed by atoms with Crippen LogP contribution < -0.4 is 14.8 Å². The van der Waals surface area contributed by atoms with Crippen LogP contribution in [0.4, 0.5) is 4.39 Å². The topological polar surface area (TPSA) is 77.1 Å². The number of piperidine rings is 1. The molecule has 0 aromatic heterocycles. The fraction of sp³-hybridized carbons (Fsp3) is 0.556. The van der Waals surface area contributed by atoms with Crippen molar-refractivity contribution in [3.63, 3.8) is 0 Å². The van der Waals surface area contributed by atoms with Crippen molar-refractivity contribution in [3.05, 3.63) is 23.8 Å². The van der Waals surface area contributed by atoms with Crippen LogP contribution in [0.2, 0.25) is 0 Å². The minimum Gasteiger partial charge on any atom is -0.497 e. The maximum absolute atomic E-state index is 15.1. The van der Waals surface area contributed by atoms with E-state index in [9.17, 15) is 9.59 Å². The number of ether oxygens (including phenoxy) is 3. The summed E-state index contributed by atoms with van der Waals surface area (Å²) < 4.78 is 30.3. The lowest BCUT2D eigenvalue weighted by Crippen LogP contribution is -2.56. The van der Waals surface area contributed by atoms with Gasteiger partial charge in [-0.2, -0.15) is 0 Å². The molecule has 1 saturated heterocycles. The lowest BCUT2D eigenvalue weighted by molar-refractivity contribution is -0.136. The van der Waals surface area contributed by atoms with Gasteiger partial charge in [0.2, 0.25) is 5.67 Å². The van der Waals surface area contributed by atoms with Gasteiger partial charge >= 0.3 is 0 Å². The van der Waals surface area contributed by atoms with E-state index < -0.39 is 11.6 Å². The van der Waals surface area contributed by atoms with Gasteiger partial charge in [0.05, 0.1) is 32.9 Å². The molecule has 1 atom stereocenters. The Kier molecular flexibility index (Phi) is 6.79. The Morgan fingerprint density at radius 3 is 2.69 bits per heavy atom. The molecule has 26 heavy (non-hydrogen) atoms. The average Bonchev–Trinajstić information content (AvgIpc) is 2.67. The van der Waals surface area contributed by atoms with E-state index in [4.69, 9.17) is 14.2 Å². The zero-order chi connectivity index (χ0) is 19.2. The molecule has 1 aliphatic heterocycles. The summed E-state index contributed by atoms with van der Waals surface area (Å²) in [6.07, 6.45) is 0.480. The van der Waals surface area contributed by atoms with Crippen molar-refractivity contribution in [2.24, 2.45) is 0 Å². The number of nitrogens with zero attached hydrogens (tertiary/aromatic N) is 1. The minimum absolute atomic E-state index is 0.0787. The molecule has 1 fully saturated rings. The molecule has 0 aliphatic carbocycles. The number of nitrogens with one attached hydrogen (secondary N) is 1. The molecule has 1 N–H and O–H groups in total. The van der Waals surface area contributed by atoms with Crippen LogP contribution >= 0.6 is 0 Å². The minimum atomic E-state index is -2.11. The molecule has 1 unspecified atom stereocenters. The zero-order valence-corrected chi connectivity index (χ0v) is 15.3. The summed E-state index contributed by atoms with van der Waals surface area (Å²) in [7, 11) is 4.46. The largest absolute Gasteiger partial charge is 0.497 e. The van der Waals surface area contributed by atoms with Gasteiger partial charge in [-0.25, -0.2) is 4.39 Å². The van der Waals surface area contributed by atoms with Crippen LogP contribution in [-0.4, -0.2) is 70.0 Å². The molecule has 8 heteroatoms. The molecule has 7 nitrogen and oxygen atoms in total. The average molecular weight is 368 g/mol. The molecule has 2 rings (SSSR count). The van der Waals surface area contributed by atoms with E-state index in [0.717, 1.165) is 0 Å². The number of alkyl halides is 1. The molecule has 0 saturated carbocycles. The third-order valence-corrected chi connectivity index (χ3v) is 4.37. The van der Waals surface area contributed by atoms with Crippen molar-refractivity contribution >= 4 is 11.8 Å². The Morgan fingerprint density at radius 2 is 2.04 bits per heavy atom. The Bertz CT molecular complexity index is 654. The second kappa shape index (κ2) is 8.84. The molecule has 1 aliphatic rings. The fourth-order valence-electron chi connectivity index (χ4n) is 2.94. The third kappa shape index (κ3) is 4.43. The first kappa shape index (κ1) is 20.0. The van der Waals surface area contributed by atoms with Crippen molar-refractivity contribution < 1.29 is 28.2 Å². The van der Waals surface area contributed by atoms with Crippen LogP contribution in [0.1, 0.15) is 23.2 Å². The van der Waals surface area contributed by atoms with Gasteiger partial charge in [-0.05, 0) is 25.0 Å². The van der Waals surface area contributed by atoms with Gasteiger partial charge in [0.25, 0.3) is 11.8 Å². The Hall–Kier alpha value is -2.35. The highest BCUT2D eigenvalue weighted by Crippen LogP contribution is 2.30. The molecule has 1 aromatic carbocycles. The standard InChI is InChI=1S/C18H25FN2O5/c1-24-10-8-20-17(23)18(19)7-4-9-21(12-18)16(22)14-6-5-13(25-2)11-15(14)26-3/h5-6,11H,4,7-10,12H2,1-3H3,(H,20,23). The lowest BCUT2D eigenvalue weighted by Gasteiger charge is -2.36. The maximum atomic E-state index is 15.1. The number of amides is 2. The number of hydrogen-bond acceptors (Lipinski definition) is 5. The first-order valence-electron chi connectivity index (χ1n) is 8.42. The highest BCUT2D eigenvalue weighted by molar-refractivity contribution is 5.98. The molecular weight excluding hydrogens is 343 g/mol. The number of methoxy groups -OCH3 is 3. The maximum Gasteiger partial charge on any atom is 0.259 e. The van der Waals surface area contributed by atoms with E-state index >= 15 is 4.39 Å². The van der Waals surface area contributed by atoms with Crippen LogP contribution in [0.25, 0.3) is 0 Å². The van der Waals surface area contributed by atoms with Gasteiger partial charge in [0.15, 0.2) is 0 Å². The van der Waals surface area contributed by atoms with Gasteiger partial charge in [-0.1, -0.05) is 0 Å². The van der Waals surface area contributed by atoms with Crippen LogP contribution in [0, 0.1) is 0 Å². The quantitative estimate of drug-likeness (QED) is 0.737. The van der Waals surface area contributed by atoms with Gasteiger partial charge in [-0.3, -0.25) is 9.59 Å². The van der Waals surface area contributed by atoms with Crippen molar-refractivity contribution in [2.45, 2.75) is 18.5 Å². The van der Waals surface area contributed by atoms with Gasteiger partial charge in [0.1, 0.15) is 11.5 Å². The van der Waals surface area contributed by atoms with E-state index in [-0.39, 0.29) is 25.4 Å². The Balaban J connectivity index is 2.13. The molecule has 2 amide bonds. The summed E-state index contributed by atoms with van der Waals surface area (Å²) >= 11 is 0. The molecule has 144 valence electrons. The number of likely N-dealkylation sites (tertiary alicyclic amines) is 1. The fourth-order valence-corrected chi connectivity index (χ4v) is 2.94. The smallest absolute Gasteiger partial charge is 0.259 e. The number of halogens is 1. The summed E-state index contributed by atoms with van der Waals surface area (Å²) in [6, 6.07) is 4.81. The number of benzene rings is 1. The summed E-state index contributed by atoms with van der Waals surface area (Å²) in [5, 5.41) is 2.51. The van der Waals surface area contributed by atoms with Crippen LogP contribution in [0.3, 0.4) is 0 Å². The highest BCUT2D eigenvalue weighted by atomic mass is 19.1. The van der Waals surface area contributed by atoms with Crippen molar-refractivity contribution in [3.8, 4) is 11.5 Å².